The number of esters is 1. The Morgan fingerprint density at radius 1 is 1.39 bits per heavy atom. The number of rotatable bonds is 1. The summed E-state index contributed by atoms with van der Waals surface area (Å²) in [6, 6.07) is 0. The van der Waals surface area contributed by atoms with Crippen molar-refractivity contribution >= 4 is 39.6 Å². The number of hydrogen-bond donors (Lipinski definition) is 0. The van der Waals surface area contributed by atoms with Gasteiger partial charge in [0, 0.05) is 6.20 Å². The van der Waals surface area contributed by atoms with Crippen LogP contribution >= 0.6 is 27.5 Å². The van der Waals surface area contributed by atoms with E-state index in [1.807, 2.05) is 0 Å². The molecule has 0 bridgehead atoms. The molecule has 100 valence electrons. The van der Waals surface area contributed by atoms with E-state index in [4.69, 9.17) is 16.3 Å². The van der Waals surface area contributed by atoms with Gasteiger partial charge >= 0.3 is 12.1 Å². The fourth-order valence-electron chi connectivity index (χ4n) is 1.19. The lowest BCUT2D eigenvalue weighted by molar-refractivity contribution is 0.0483. The summed E-state index contributed by atoms with van der Waals surface area (Å²) >= 11 is 9.07. The molecule has 1 aromatic rings. The second-order valence-electron chi connectivity index (χ2n) is 4.48. The van der Waals surface area contributed by atoms with Crippen LogP contribution in [0.15, 0.2) is 10.7 Å². The summed E-state index contributed by atoms with van der Waals surface area (Å²) in [5, 5.41) is 0.104. The zero-order valence-electron chi connectivity index (χ0n) is 10.4. The lowest BCUT2D eigenvalue weighted by Crippen LogP contribution is -2.28. The zero-order valence-corrected chi connectivity index (χ0v) is 12.8. The average Bonchev–Trinajstić information content (AvgIpc) is 2.52. The van der Waals surface area contributed by atoms with Crippen LogP contribution in [-0.2, 0) is 9.47 Å². The third-order valence-electron chi connectivity index (χ3n) is 1.87. The van der Waals surface area contributed by atoms with E-state index in [2.05, 4.69) is 20.7 Å². The zero-order chi connectivity index (χ0) is 14.1. The van der Waals surface area contributed by atoms with Gasteiger partial charge in [-0.25, -0.2) is 14.2 Å². The molecule has 0 aliphatic rings. The van der Waals surface area contributed by atoms with Gasteiger partial charge in [-0.3, -0.25) is 0 Å². The summed E-state index contributed by atoms with van der Waals surface area (Å²) in [5.41, 5.74) is -0.742. The lowest BCUT2D eigenvalue weighted by atomic mass is 10.2. The summed E-state index contributed by atoms with van der Waals surface area (Å²) < 4.78 is 11.2. The highest BCUT2D eigenvalue weighted by Gasteiger charge is 2.27. The Morgan fingerprint density at radius 3 is 2.39 bits per heavy atom. The summed E-state index contributed by atoms with van der Waals surface area (Å²) in [6.07, 6.45) is 0.665. The van der Waals surface area contributed by atoms with Gasteiger partial charge < -0.3 is 9.47 Å². The minimum absolute atomic E-state index is 0.0692. The summed E-state index contributed by atoms with van der Waals surface area (Å²) in [6.45, 7) is 5.18. The van der Waals surface area contributed by atoms with Gasteiger partial charge in [0.25, 0.3) is 0 Å². The van der Waals surface area contributed by atoms with Crippen molar-refractivity contribution in [2.24, 2.45) is 0 Å². The standard InChI is InChI=1S/C11H13BrClNO4/c1-11(2,3)18-10(16)14-5-6(12)7(13)8(14)9(15)17-4/h5H,1-4H3. The van der Waals surface area contributed by atoms with Crippen LogP contribution in [0.3, 0.4) is 0 Å². The fourth-order valence-corrected chi connectivity index (χ4v) is 1.80. The van der Waals surface area contributed by atoms with Crippen molar-refractivity contribution in [2.75, 3.05) is 7.11 Å². The maximum absolute atomic E-state index is 11.9. The topological polar surface area (TPSA) is 57.5 Å². The van der Waals surface area contributed by atoms with Gasteiger partial charge in [-0.05, 0) is 36.7 Å². The largest absolute Gasteiger partial charge is 0.464 e. The highest BCUT2D eigenvalue weighted by atomic mass is 79.9. The maximum Gasteiger partial charge on any atom is 0.419 e. The molecule has 0 aliphatic carbocycles. The quantitative estimate of drug-likeness (QED) is 0.736. The van der Waals surface area contributed by atoms with E-state index in [9.17, 15) is 9.59 Å². The number of carbonyl (C=O) groups is 2. The third kappa shape index (κ3) is 3.26. The number of nitrogens with zero attached hydrogens (tertiary/aromatic N) is 1. The van der Waals surface area contributed by atoms with Crippen LogP contribution in [0.1, 0.15) is 31.3 Å². The lowest BCUT2D eigenvalue weighted by Gasteiger charge is -2.20. The van der Waals surface area contributed by atoms with Crippen LogP contribution in [0.4, 0.5) is 4.79 Å². The number of carbonyl (C=O) groups excluding carboxylic acids is 2. The average molecular weight is 339 g/mol. The van der Waals surface area contributed by atoms with E-state index in [1.54, 1.807) is 20.8 Å². The van der Waals surface area contributed by atoms with Crippen molar-refractivity contribution in [3.8, 4) is 0 Å². The minimum Gasteiger partial charge on any atom is -0.464 e. The number of methoxy groups -OCH3 is 1. The SMILES string of the molecule is COC(=O)c1c(Cl)c(Br)cn1C(=O)OC(C)(C)C. The first kappa shape index (κ1) is 15.0. The number of ether oxygens (including phenoxy) is 2. The maximum atomic E-state index is 11.9. The Hall–Kier alpha value is -1.01. The van der Waals surface area contributed by atoms with E-state index in [0.29, 0.717) is 4.47 Å². The smallest absolute Gasteiger partial charge is 0.419 e. The van der Waals surface area contributed by atoms with E-state index in [-0.39, 0.29) is 10.7 Å². The molecule has 0 N–H and O–H groups in total. The third-order valence-corrected chi connectivity index (χ3v) is 3.08. The van der Waals surface area contributed by atoms with Crippen molar-refractivity contribution < 1.29 is 19.1 Å². The normalized spacial score (nSPS) is 11.2. The Morgan fingerprint density at radius 2 is 1.94 bits per heavy atom. The van der Waals surface area contributed by atoms with Crippen LogP contribution < -0.4 is 0 Å². The molecular formula is C11H13BrClNO4. The Kier molecular flexibility index (Phi) is 4.45. The molecule has 5 nitrogen and oxygen atoms in total. The second-order valence-corrected chi connectivity index (χ2v) is 5.71. The monoisotopic (exact) mass is 337 g/mol. The second kappa shape index (κ2) is 5.32. The van der Waals surface area contributed by atoms with Crippen LogP contribution in [0.5, 0.6) is 0 Å². The molecule has 0 amide bonds. The van der Waals surface area contributed by atoms with Crippen LogP contribution in [-0.4, -0.2) is 29.3 Å². The van der Waals surface area contributed by atoms with Gasteiger partial charge in [0.1, 0.15) is 5.60 Å². The fraction of sp³-hybridized carbons (Fsp3) is 0.455. The number of aromatic nitrogens is 1. The van der Waals surface area contributed by atoms with Crippen molar-refractivity contribution in [3.63, 3.8) is 0 Å². The first-order valence-electron chi connectivity index (χ1n) is 5.05. The summed E-state index contributed by atoms with van der Waals surface area (Å²) in [7, 11) is 1.21. The molecule has 0 saturated carbocycles. The molecule has 0 radical (unpaired) electrons. The molecule has 1 rings (SSSR count). The van der Waals surface area contributed by atoms with Gasteiger partial charge in [0.05, 0.1) is 16.6 Å². The first-order valence-corrected chi connectivity index (χ1v) is 6.22. The molecular weight excluding hydrogens is 325 g/mol. The molecule has 1 heterocycles. The molecule has 0 atom stereocenters. The van der Waals surface area contributed by atoms with Gasteiger partial charge in [-0.1, -0.05) is 11.6 Å². The van der Waals surface area contributed by atoms with Gasteiger partial charge in [-0.2, -0.15) is 0 Å². The molecule has 0 aromatic carbocycles. The summed E-state index contributed by atoms with van der Waals surface area (Å²) in [4.78, 5) is 23.5. The van der Waals surface area contributed by atoms with E-state index >= 15 is 0 Å². The number of hydrogen-bond acceptors (Lipinski definition) is 4. The molecule has 0 spiro atoms. The van der Waals surface area contributed by atoms with Crippen molar-refractivity contribution in [1.82, 2.24) is 4.57 Å². The Balaban J connectivity index is 3.21. The van der Waals surface area contributed by atoms with Crippen molar-refractivity contribution in [2.45, 2.75) is 26.4 Å². The van der Waals surface area contributed by atoms with Crippen LogP contribution in [0.25, 0.3) is 0 Å². The molecule has 0 fully saturated rings. The highest BCUT2D eigenvalue weighted by Crippen LogP contribution is 2.29. The van der Waals surface area contributed by atoms with Crippen molar-refractivity contribution in [3.05, 3.63) is 21.4 Å². The Labute approximate surface area is 118 Å². The van der Waals surface area contributed by atoms with Crippen LogP contribution in [0, 0.1) is 0 Å². The predicted molar refractivity (Wildman–Crippen MR) is 70.1 cm³/mol. The first-order chi connectivity index (χ1) is 8.17. The van der Waals surface area contributed by atoms with Gasteiger partial charge in [0.15, 0.2) is 5.69 Å². The highest BCUT2D eigenvalue weighted by molar-refractivity contribution is 9.10. The molecule has 0 saturated heterocycles. The van der Waals surface area contributed by atoms with E-state index < -0.39 is 17.7 Å². The molecule has 0 unspecified atom stereocenters. The van der Waals surface area contributed by atoms with E-state index in [1.165, 1.54) is 13.3 Å². The molecule has 0 aliphatic heterocycles. The predicted octanol–water partition coefficient (Wildman–Crippen LogP) is 3.47. The number of halogens is 2. The summed E-state index contributed by atoms with van der Waals surface area (Å²) in [5.74, 6) is -0.712. The molecule has 18 heavy (non-hydrogen) atoms. The molecule has 7 heteroatoms. The van der Waals surface area contributed by atoms with Crippen LogP contribution in [0.2, 0.25) is 5.02 Å². The molecule has 1 aromatic heterocycles. The van der Waals surface area contributed by atoms with Gasteiger partial charge in [-0.15, -0.1) is 0 Å². The Bertz CT molecular complexity index is 490. The van der Waals surface area contributed by atoms with Crippen molar-refractivity contribution in [1.29, 1.82) is 0 Å². The van der Waals surface area contributed by atoms with E-state index in [0.717, 1.165) is 4.57 Å². The van der Waals surface area contributed by atoms with Gasteiger partial charge in [0.2, 0.25) is 0 Å². The minimum atomic E-state index is -0.712.